The molecule has 0 aliphatic carbocycles. The number of carbonyl (C=O) groups excluding carboxylic acids is 1. The van der Waals surface area contributed by atoms with E-state index in [0.29, 0.717) is 18.0 Å². The summed E-state index contributed by atoms with van der Waals surface area (Å²) in [5.41, 5.74) is 4.10. The average molecular weight is 489 g/mol. The summed E-state index contributed by atoms with van der Waals surface area (Å²) in [5.74, 6) is 2.69. The van der Waals surface area contributed by atoms with Crippen LogP contribution in [0.15, 0.2) is 77.7 Å². The SMILES string of the molecule is COc1ccc(-c2[nH]c3ccccc3c2SCCNC(=O)/C=C/c2ccc(OC)c(OC)c2)cc1. The minimum atomic E-state index is -0.144. The van der Waals surface area contributed by atoms with E-state index in [1.165, 1.54) is 16.4 Å². The van der Waals surface area contributed by atoms with Gasteiger partial charge in [-0.25, -0.2) is 0 Å². The van der Waals surface area contributed by atoms with Crippen molar-refractivity contribution in [2.75, 3.05) is 33.6 Å². The molecule has 1 amide bonds. The second-order valence-electron chi connectivity index (χ2n) is 7.69. The molecular weight excluding hydrogens is 460 g/mol. The molecule has 6 nitrogen and oxygen atoms in total. The van der Waals surface area contributed by atoms with Crippen molar-refractivity contribution in [1.29, 1.82) is 0 Å². The standard InChI is InChI=1S/C28H28N2O4S/c1-32-21-12-10-20(11-13-21)27-28(22-6-4-5-7-23(22)30-27)35-17-16-29-26(31)15-9-19-8-14-24(33-2)25(18-19)34-3/h4-15,18,30H,16-17H2,1-3H3,(H,29,31)/b15-9+. The zero-order chi connectivity index (χ0) is 24.6. The van der Waals surface area contributed by atoms with Gasteiger partial charge in [-0.1, -0.05) is 24.3 Å². The smallest absolute Gasteiger partial charge is 0.244 e. The molecule has 0 unspecified atom stereocenters. The summed E-state index contributed by atoms with van der Waals surface area (Å²) >= 11 is 1.72. The number of aromatic amines is 1. The molecule has 1 aromatic heterocycles. The topological polar surface area (TPSA) is 72.6 Å². The van der Waals surface area contributed by atoms with Crippen LogP contribution in [0.1, 0.15) is 5.56 Å². The lowest BCUT2D eigenvalue weighted by Gasteiger charge is -2.08. The number of amides is 1. The third kappa shape index (κ3) is 5.81. The molecule has 180 valence electrons. The second-order valence-corrected chi connectivity index (χ2v) is 8.80. The third-order valence-electron chi connectivity index (χ3n) is 5.52. The fourth-order valence-corrected chi connectivity index (χ4v) is 4.80. The van der Waals surface area contributed by atoms with E-state index in [1.807, 2.05) is 54.6 Å². The number of carbonyl (C=O) groups is 1. The number of rotatable bonds is 10. The number of fused-ring (bicyclic) bond motifs is 1. The van der Waals surface area contributed by atoms with Crippen molar-refractivity contribution in [1.82, 2.24) is 10.3 Å². The van der Waals surface area contributed by atoms with Crippen molar-refractivity contribution >= 4 is 34.6 Å². The number of H-pyrrole nitrogens is 1. The van der Waals surface area contributed by atoms with Crippen molar-refractivity contribution < 1.29 is 19.0 Å². The van der Waals surface area contributed by atoms with Crippen LogP contribution in [-0.4, -0.2) is 44.5 Å². The maximum Gasteiger partial charge on any atom is 0.244 e. The molecule has 0 aliphatic heterocycles. The number of hydrogen-bond donors (Lipinski definition) is 2. The monoisotopic (exact) mass is 488 g/mol. The van der Waals surface area contributed by atoms with Gasteiger partial charge in [0.05, 0.1) is 27.0 Å². The van der Waals surface area contributed by atoms with Crippen LogP contribution in [-0.2, 0) is 4.79 Å². The Morgan fingerprint density at radius 1 is 0.943 bits per heavy atom. The van der Waals surface area contributed by atoms with E-state index in [2.05, 4.69) is 22.4 Å². The number of nitrogens with one attached hydrogen (secondary N) is 2. The lowest BCUT2D eigenvalue weighted by atomic mass is 10.1. The largest absolute Gasteiger partial charge is 0.497 e. The van der Waals surface area contributed by atoms with Gasteiger partial charge in [0.15, 0.2) is 11.5 Å². The summed E-state index contributed by atoms with van der Waals surface area (Å²) in [6.07, 6.45) is 3.28. The highest BCUT2D eigenvalue weighted by atomic mass is 32.2. The van der Waals surface area contributed by atoms with E-state index in [0.717, 1.165) is 33.8 Å². The van der Waals surface area contributed by atoms with Crippen molar-refractivity contribution in [2.24, 2.45) is 0 Å². The first-order valence-corrected chi connectivity index (χ1v) is 12.2. The molecule has 1 heterocycles. The first-order chi connectivity index (χ1) is 17.1. The van der Waals surface area contributed by atoms with Gasteiger partial charge in [0.2, 0.25) is 5.91 Å². The maximum absolute atomic E-state index is 12.3. The lowest BCUT2D eigenvalue weighted by molar-refractivity contribution is -0.116. The molecular formula is C28H28N2O4S. The Bertz CT molecular complexity index is 1330. The van der Waals surface area contributed by atoms with Crippen LogP contribution in [0, 0.1) is 0 Å². The molecule has 35 heavy (non-hydrogen) atoms. The molecule has 3 aromatic carbocycles. The van der Waals surface area contributed by atoms with Gasteiger partial charge in [-0.15, -0.1) is 11.8 Å². The van der Waals surface area contributed by atoms with Crippen molar-refractivity contribution in [3.63, 3.8) is 0 Å². The van der Waals surface area contributed by atoms with Gasteiger partial charge >= 0.3 is 0 Å². The van der Waals surface area contributed by atoms with Gasteiger partial charge in [-0.3, -0.25) is 4.79 Å². The minimum Gasteiger partial charge on any atom is -0.497 e. The third-order valence-corrected chi connectivity index (χ3v) is 6.64. The van der Waals surface area contributed by atoms with Crippen LogP contribution < -0.4 is 19.5 Å². The van der Waals surface area contributed by atoms with E-state index < -0.39 is 0 Å². The number of benzene rings is 3. The quantitative estimate of drug-likeness (QED) is 0.168. The van der Waals surface area contributed by atoms with Gasteiger partial charge in [0, 0.05) is 34.2 Å². The van der Waals surface area contributed by atoms with Crippen LogP contribution >= 0.6 is 11.8 Å². The number of aromatic nitrogens is 1. The number of thioether (sulfide) groups is 1. The summed E-state index contributed by atoms with van der Waals surface area (Å²) < 4.78 is 15.9. The van der Waals surface area contributed by atoms with Crippen molar-refractivity contribution in [3.05, 3.63) is 78.4 Å². The first kappa shape index (κ1) is 24.3. The van der Waals surface area contributed by atoms with Crippen LogP contribution in [0.4, 0.5) is 0 Å². The van der Waals surface area contributed by atoms with Crippen LogP contribution in [0.3, 0.4) is 0 Å². The Balaban J connectivity index is 1.39. The first-order valence-electron chi connectivity index (χ1n) is 11.2. The average Bonchev–Trinajstić information content (AvgIpc) is 3.28. The number of ether oxygens (including phenoxy) is 3. The van der Waals surface area contributed by atoms with Gasteiger partial charge in [-0.05, 0) is 59.7 Å². The molecule has 0 bridgehead atoms. The summed E-state index contributed by atoms with van der Waals surface area (Å²) in [6, 6.07) is 21.8. The molecule has 0 fully saturated rings. The highest BCUT2D eigenvalue weighted by Crippen LogP contribution is 2.38. The zero-order valence-corrected chi connectivity index (χ0v) is 20.8. The van der Waals surface area contributed by atoms with Gasteiger partial charge in [0.1, 0.15) is 5.75 Å². The normalized spacial score (nSPS) is 11.1. The maximum atomic E-state index is 12.3. The predicted octanol–water partition coefficient (Wildman–Crippen LogP) is 5.78. The number of hydrogen-bond acceptors (Lipinski definition) is 5. The molecule has 4 rings (SSSR count). The lowest BCUT2D eigenvalue weighted by Crippen LogP contribution is -2.23. The zero-order valence-electron chi connectivity index (χ0n) is 20.0. The van der Waals surface area contributed by atoms with E-state index in [1.54, 1.807) is 39.2 Å². The molecule has 2 N–H and O–H groups in total. The van der Waals surface area contributed by atoms with E-state index >= 15 is 0 Å². The number of methoxy groups -OCH3 is 3. The highest BCUT2D eigenvalue weighted by molar-refractivity contribution is 7.99. The fourth-order valence-electron chi connectivity index (χ4n) is 3.74. The van der Waals surface area contributed by atoms with Gasteiger partial charge in [-0.2, -0.15) is 0 Å². The molecule has 0 radical (unpaired) electrons. The van der Waals surface area contributed by atoms with Crippen molar-refractivity contribution in [2.45, 2.75) is 4.90 Å². The Morgan fingerprint density at radius 2 is 1.71 bits per heavy atom. The summed E-state index contributed by atoms with van der Waals surface area (Å²) in [5, 5.41) is 4.13. The summed E-state index contributed by atoms with van der Waals surface area (Å²) in [7, 11) is 4.84. The van der Waals surface area contributed by atoms with Crippen molar-refractivity contribution in [3.8, 4) is 28.5 Å². The highest BCUT2D eigenvalue weighted by Gasteiger charge is 2.14. The Kier molecular flexibility index (Phi) is 8.00. The summed E-state index contributed by atoms with van der Waals surface area (Å²) in [4.78, 5) is 17.0. The molecule has 0 saturated carbocycles. The Morgan fingerprint density at radius 3 is 2.46 bits per heavy atom. The number of para-hydroxylation sites is 1. The summed E-state index contributed by atoms with van der Waals surface area (Å²) in [6.45, 7) is 0.543. The van der Waals surface area contributed by atoms with E-state index in [9.17, 15) is 4.79 Å². The fraction of sp³-hybridized carbons (Fsp3) is 0.179. The van der Waals surface area contributed by atoms with Crippen LogP contribution in [0.25, 0.3) is 28.2 Å². The molecule has 0 saturated heterocycles. The van der Waals surface area contributed by atoms with Crippen LogP contribution in [0.5, 0.6) is 17.2 Å². The molecule has 0 atom stereocenters. The molecule has 4 aromatic rings. The second kappa shape index (κ2) is 11.5. The van der Waals surface area contributed by atoms with Gasteiger partial charge < -0.3 is 24.5 Å². The van der Waals surface area contributed by atoms with E-state index in [4.69, 9.17) is 14.2 Å². The van der Waals surface area contributed by atoms with Gasteiger partial charge in [0.25, 0.3) is 0 Å². The Hall–Kier alpha value is -3.84. The Labute approximate surface area is 209 Å². The minimum absolute atomic E-state index is 0.144. The molecule has 7 heteroatoms. The molecule has 0 aliphatic rings. The van der Waals surface area contributed by atoms with E-state index in [-0.39, 0.29) is 5.91 Å². The predicted molar refractivity (Wildman–Crippen MR) is 143 cm³/mol. The van der Waals surface area contributed by atoms with Crippen LogP contribution in [0.2, 0.25) is 0 Å². The molecule has 0 spiro atoms.